The van der Waals surface area contributed by atoms with Crippen LogP contribution in [0.25, 0.3) is 0 Å². The van der Waals surface area contributed by atoms with Crippen molar-refractivity contribution in [3.8, 4) is 0 Å². The fourth-order valence-corrected chi connectivity index (χ4v) is 8.20. The fraction of sp³-hybridized carbons (Fsp3) is 0.763. The van der Waals surface area contributed by atoms with Crippen molar-refractivity contribution >= 4 is 11.9 Å². The van der Waals surface area contributed by atoms with E-state index in [-0.39, 0.29) is 24.9 Å². The first-order valence-corrected chi connectivity index (χ1v) is 27.7. The van der Waals surface area contributed by atoms with Gasteiger partial charge in [-0.05, 0) is 64.2 Å². The van der Waals surface area contributed by atoms with Gasteiger partial charge in [0.25, 0.3) is 0 Å². The summed E-state index contributed by atoms with van der Waals surface area (Å²) in [5.74, 6) is -0.558. The topological polar surface area (TPSA) is 95.9 Å². The summed E-state index contributed by atoms with van der Waals surface area (Å²) in [6.07, 6.45) is 66.9. The van der Waals surface area contributed by atoms with E-state index in [0.29, 0.717) is 19.3 Å². The Morgan fingerprint density at radius 2 is 0.846 bits per heavy atom. The van der Waals surface area contributed by atoms with Gasteiger partial charge in [0.2, 0.25) is 5.91 Å². The van der Waals surface area contributed by atoms with Gasteiger partial charge in [0.15, 0.2) is 0 Å². The third kappa shape index (κ3) is 47.6. The lowest BCUT2D eigenvalue weighted by Gasteiger charge is -2.24. The second-order valence-corrected chi connectivity index (χ2v) is 18.7. The van der Waals surface area contributed by atoms with E-state index in [0.717, 1.165) is 77.0 Å². The average Bonchev–Trinajstić information content (AvgIpc) is 3.30. The zero-order chi connectivity index (χ0) is 47.4. The highest BCUT2D eigenvalue weighted by Gasteiger charge is 2.24. The minimum atomic E-state index is -0.811. The molecule has 65 heavy (non-hydrogen) atoms. The predicted molar refractivity (Wildman–Crippen MR) is 282 cm³/mol. The first kappa shape index (κ1) is 62.3. The van der Waals surface area contributed by atoms with Crippen molar-refractivity contribution < 1.29 is 24.5 Å². The van der Waals surface area contributed by atoms with E-state index in [9.17, 15) is 19.8 Å². The Morgan fingerprint density at radius 1 is 0.462 bits per heavy atom. The smallest absolute Gasteiger partial charge is 0.306 e. The average molecular weight is 908 g/mol. The fourth-order valence-electron chi connectivity index (χ4n) is 8.20. The summed E-state index contributed by atoms with van der Waals surface area (Å²) in [4.78, 5) is 26.2. The van der Waals surface area contributed by atoms with Gasteiger partial charge >= 0.3 is 5.97 Å². The van der Waals surface area contributed by atoms with E-state index >= 15 is 0 Å². The minimum absolute atomic E-state index is 0.0234. The number of amides is 1. The Balaban J connectivity index is 4.54. The van der Waals surface area contributed by atoms with Gasteiger partial charge in [-0.3, -0.25) is 9.59 Å². The SMILES string of the molecule is CC/C=C/C=C/C=C\C=C/CCCC(CC(=O)NC(CO)C(O)CCCCCCCCCCCCCCCCCCC)OC(=O)CCCCCCC/C=C/C=C/CCCCCCCCC. The van der Waals surface area contributed by atoms with Crippen LogP contribution in [-0.2, 0) is 14.3 Å². The molecule has 0 aliphatic heterocycles. The molecule has 3 unspecified atom stereocenters. The predicted octanol–water partition coefficient (Wildman–Crippen LogP) is 17.0. The maximum Gasteiger partial charge on any atom is 0.306 e. The number of nitrogens with one attached hydrogen (secondary N) is 1. The Hall–Kier alpha value is -2.70. The highest BCUT2D eigenvalue weighted by molar-refractivity contribution is 5.77. The van der Waals surface area contributed by atoms with Crippen molar-refractivity contribution in [3.63, 3.8) is 0 Å². The van der Waals surface area contributed by atoms with Gasteiger partial charge in [-0.2, -0.15) is 0 Å². The van der Waals surface area contributed by atoms with Crippen molar-refractivity contribution in [1.29, 1.82) is 0 Å². The molecule has 0 aliphatic rings. The molecule has 0 saturated heterocycles. The number of allylic oxidation sites excluding steroid dienone is 12. The highest BCUT2D eigenvalue weighted by atomic mass is 16.5. The summed E-state index contributed by atoms with van der Waals surface area (Å²) >= 11 is 0. The summed E-state index contributed by atoms with van der Waals surface area (Å²) in [6, 6.07) is -0.729. The Labute approximate surface area is 402 Å². The number of carbonyl (C=O) groups is 2. The Morgan fingerprint density at radius 3 is 1.31 bits per heavy atom. The monoisotopic (exact) mass is 908 g/mol. The third-order valence-corrected chi connectivity index (χ3v) is 12.4. The largest absolute Gasteiger partial charge is 0.462 e. The summed E-state index contributed by atoms with van der Waals surface area (Å²) in [7, 11) is 0. The number of ether oxygens (including phenoxy) is 1. The normalized spacial score (nSPS) is 13.7. The molecule has 0 aromatic rings. The molecule has 3 atom stereocenters. The van der Waals surface area contributed by atoms with Crippen LogP contribution in [0.3, 0.4) is 0 Å². The molecule has 376 valence electrons. The van der Waals surface area contributed by atoms with Crippen molar-refractivity contribution in [2.75, 3.05) is 6.61 Å². The number of aliphatic hydroxyl groups is 2. The Kier molecular flexibility index (Phi) is 50.1. The molecule has 3 N–H and O–H groups in total. The van der Waals surface area contributed by atoms with Gasteiger partial charge in [-0.15, -0.1) is 0 Å². The third-order valence-electron chi connectivity index (χ3n) is 12.4. The molecule has 0 bridgehead atoms. The summed E-state index contributed by atoms with van der Waals surface area (Å²) < 4.78 is 5.89. The molecule has 6 heteroatoms. The van der Waals surface area contributed by atoms with Crippen LogP contribution in [0.15, 0.2) is 72.9 Å². The quantitative estimate of drug-likeness (QED) is 0.0321. The highest BCUT2D eigenvalue weighted by Crippen LogP contribution is 2.17. The number of aliphatic hydroxyl groups excluding tert-OH is 2. The lowest BCUT2D eigenvalue weighted by atomic mass is 10.0. The van der Waals surface area contributed by atoms with E-state index in [1.165, 1.54) is 141 Å². The molecule has 0 saturated carbocycles. The van der Waals surface area contributed by atoms with Crippen molar-refractivity contribution in [2.24, 2.45) is 0 Å². The molecule has 0 aromatic heterocycles. The molecule has 0 aromatic carbocycles. The van der Waals surface area contributed by atoms with Crippen LogP contribution < -0.4 is 5.32 Å². The number of hydrogen-bond acceptors (Lipinski definition) is 5. The van der Waals surface area contributed by atoms with Crippen LogP contribution in [0.2, 0.25) is 0 Å². The second kappa shape index (κ2) is 52.3. The molecular weight excluding hydrogens is 803 g/mol. The zero-order valence-corrected chi connectivity index (χ0v) is 42.9. The van der Waals surface area contributed by atoms with Crippen molar-refractivity contribution in [2.45, 2.75) is 283 Å². The van der Waals surface area contributed by atoms with Crippen LogP contribution in [0.1, 0.15) is 265 Å². The molecule has 0 fully saturated rings. The van der Waals surface area contributed by atoms with Crippen molar-refractivity contribution in [1.82, 2.24) is 5.32 Å². The van der Waals surface area contributed by atoms with Gasteiger partial charge in [-0.1, -0.05) is 261 Å². The molecule has 6 nitrogen and oxygen atoms in total. The van der Waals surface area contributed by atoms with E-state index in [1.807, 2.05) is 36.5 Å². The lowest BCUT2D eigenvalue weighted by molar-refractivity contribution is -0.151. The van der Waals surface area contributed by atoms with Crippen LogP contribution in [0.5, 0.6) is 0 Å². The standard InChI is InChI=1S/C59H105NO5/c1-4-7-10-13-16-19-22-24-26-28-30-32-34-37-40-43-46-49-52-59(64)65-55(50-47-44-41-38-35-21-18-15-12-9-6-3)53-58(63)60-56(54-61)57(62)51-48-45-42-39-36-33-31-29-27-25-23-20-17-14-11-8-5-2/h9,12,15,18,21,26,28,30,32,35,38,41,55-57,61-62H,4-8,10-11,13-14,16-17,19-20,22-25,27,29,31,33-34,36-37,39-40,42-54H2,1-3H3,(H,60,63)/b12-9+,18-15+,28-26+,32-30+,35-21-,41-38-. The number of unbranched alkanes of at least 4 members (excludes halogenated alkanes) is 29. The van der Waals surface area contributed by atoms with E-state index in [1.54, 1.807) is 0 Å². The van der Waals surface area contributed by atoms with E-state index in [4.69, 9.17) is 4.74 Å². The van der Waals surface area contributed by atoms with Gasteiger partial charge in [0.05, 0.1) is 25.2 Å². The summed E-state index contributed by atoms with van der Waals surface area (Å²) in [6.45, 7) is 6.33. The number of rotatable bonds is 49. The Bertz CT molecular complexity index is 1200. The van der Waals surface area contributed by atoms with E-state index < -0.39 is 18.2 Å². The summed E-state index contributed by atoms with van der Waals surface area (Å²) in [5.41, 5.74) is 0. The van der Waals surface area contributed by atoms with Gasteiger partial charge < -0.3 is 20.3 Å². The van der Waals surface area contributed by atoms with Crippen LogP contribution in [-0.4, -0.2) is 46.9 Å². The van der Waals surface area contributed by atoms with Crippen LogP contribution >= 0.6 is 0 Å². The molecule has 0 radical (unpaired) electrons. The minimum Gasteiger partial charge on any atom is -0.462 e. The van der Waals surface area contributed by atoms with Gasteiger partial charge in [0.1, 0.15) is 6.10 Å². The maximum atomic E-state index is 13.2. The molecule has 0 aliphatic carbocycles. The molecule has 0 spiro atoms. The molecule has 1 amide bonds. The van der Waals surface area contributed by atoms with Crippen LogP contribution in [0, 0.1) is 0 Å². The van der Waals surface area contributed by atoms with Gasteiger partial charge in [0, 0.05) is 6.42 Å². The lowest BCUT2D eigenvalue weighted by Crippen LogP contribution is -2.46. The molecule has 0 rings (SSSR count). The first-order valence-electron chi connectivity index (χ1n) is 27.7. The van der Waals surface area contributed by atoms with Crippen LogP contribution in [0.4, 0.5) is 0 Å². The second-order valence-electron chi connectivity index (χ2n) is 18.7. The number of carbonyl (C=O) groups excluding carboxylic acids is 2. The zero-order valence-electron chi connectivity index (χ0n) is 42.9. The maximum absolute atomic E-state index is 13.2. The molecular formula is C59H105NO5. The summed E-state index contributed by atoms with van der Waals surface area (Å²) in [5, 5.41) is 23.8. The van der Waals surface area contributed by atoms with E-state index in [2.05, 4.69) is 62.5 Å². The van der Waals surface area contributed by atoms with Crippen molar-refractivity contribution in [3.05, 3.63) is 72.9 Å². The number of hydrogen-bond donors (Lipinski definition) is 3. The number of esters is 1. The molecule has 0 heterocycles. The van der Waals surface area contributed by atoms with Gasteiger partial charge in [-0.25, -0.2) is 0 Å². The first-order chi connectivity index (χ1) is 32.0.